The van der Waals surface area contributed by atoms with E-state index in [0.29, 0.717) is 6.04 Å². The molecular weight excluding hydrogens is 262 g/mol. The van der Waals surface area contributed by atoms with Crippen LogP contribution in [0.25, 0.3) is 0 Å². The maximum atomic E-state index is 5.90. The predicted octanol–water partition coefficient (Wildman–Crippen LogP) is 4.32. The smallest absolute Gasteiger partial charge is 0.161 e. The fraction of sp³-hybridized carbons (Fsp3) is 0.667. The van der Waals surface area contributed by atoms with Crippen LogP contribution in [0.1, 0.15) is 57.6 Å². The summed E-state index contributed by atoms with van der Waals surface area (Å²) in [5.41, 5.74) is 1.32. The lowest BCUT2D eigenvalue weighted by molar-refractivity contribution is 0.237. The Hall–Kier alpha value is -1.22. The van der Waals surface area contributed by atoms with Crippen molar-refractivity contribution in [1.82, 2.24) is 5.32 Å². The fourth-order valence-electron chi connectivity index (χ4n) is 2.82. The first-order chi connectivity index (χ1) is 10.3. The van der Waals surface area contributed by atoms with Gasteiger partial charge in [-0.1, -0.05) is 26.3 Å². The van der Waals surface area contributed by atoms with Crippen molar-refractivity contribution >= 4 is 0 Å². The second kappa shape index (κ2) is 8.28. The van der Waals surface area contributed by atoms with Crippen LogP contribution >= 0.6 is 0 Å². The van der Waals surface area contributed by atoms with E-state index in [1.165, 1.54) is 24.8 Å². The molecule has 0 radical (unpaired) electrons. The highest BCUT2D eigenvalue weighted by atomic mass is 16.5. The Morgan fingerprint density at radius 3 is 2.29 bits per heavy atom. The summed E-state index contributed by atoms with van der Waals surface area (Å²) in [6.45, 7) is 5.72. The van der Waals surface area contributed by atoms with Crippen molar-refractivity contribution < 1.29 is 9.47 Å². The zero-order chi connectivity index (χ0) is 15.1. The highest BCUT2D eigenvalue weighted by molar-refractivity contribution is 5.44. The van der Waals surface area contributed by atoms with E-state index in [-0.39, 0.29) is 0 Å². The molecule has 118 valence electrons. The van der Waals surface area contributed by atoms with Crippen molar-refractivity contribution in [2.45, 2.75) is 52.0 Å². The summed E-state index contributed by atoms with van der Waals surface area (Å²) < 4.78 is 11.7. The van der Waals surface area contributed by atoms with Crippen LogP contribution in [-0.2, 0) is 0 Å². The van der Waals surface area contributed by atoms with Gasteiger partial charge in [-0.2, -0.15) is 0 Å². The van der Waals surface area contributed by atoms with E-state index >= 15 is 0 Å². The molecule has 0 amide bonds. The standard InChI is InChI=1S/C18H29NO2/c1-4-11-20-16-10-9-15(13-17(16)21-12-5-2)18(19-3)14-7-6-8-14/h9-10,13-14,18-19H,4-8,11-12H2,1-3H3. The lowest BCUT2D eigenvalue weighted by atomic mass is 9.77. The van der Waals surface area contributed by atoms with Crippen molar-refractivity contribution in [3.05, 3.63) is 23.8 Å². The number of benzene rings is 1. The molecule has 0 spiro atoms. The summed E-state index contributed by atoms with van der Waals surface area (Å²) in [6.07, 6.45) is 6.03. The number of rotatable bonds is 9. The number of hydrogen-bond acceptors (Lipinski definition) is 3. The second-order valence-electron chi connectivity index (χ2n) is 5.86. The Kier molecular flexibility index (Phi) is 6.37. The van der Waals surface area contributed by atoms with E-state index < -0.39 is 0 Å². The van der Waals surface area contributed by atoms with E-state index in [1.54, 1.807) is 0 Å². The third-order valence-corrected chi connectivity index (χ3v) is 4.18. The maximum absolute atomic E-state index is 5.90. The lowest BCUT2D eigenvalue weighted by Crippen LogP contribution is -2.29. The highest BCUT2D eigenvalue weighted by Gasteiger charge is 2.27. The first-order valence-corrected chi connectivity index (χ1v) is 8.37. The van der Waals surface area contributed by atoms with Crippen LogP contribution in [0.5, 0.6) is 11.5 Å². The van der Waals surface area contributed by atoms with Crippen LogP contribution in [0.2, 0.25) is 0 Å². The summed E-state index contributed by atoms with van der Waals surface area (Å²) in [4.78, 5) is 0. The number of nitrogens with one attached hydrogen (secondary N) is 1. The van der Waals surface area contributed by atoms with Gasteiger partial charge >= 0.3 is 0 Å². The molecule has 1 aliphatic carbocycles. The van der Waals surface area contributed by atoms with E-state index in [1.807, 2.05) is 0 Å². The second-order valence-corrected chi connectivity index (χ2v) is 5.86. The van der Waals surface area contributed by atoms with Crippen LogP contribution in [0.4, 0.5) is 0 Å². The fourth-order valence-corrected chi connectivity index (χ4v) is 2.82. The van der Waals surface area contributed by atoms with Crippen molar-refractivity contribution in [2.24, 2.45) is 5.92 Å². The third kappa shape index (κ3) is 4.13. The quantitative estimate of drug-likeness (QED) is 0.735. The molecule has 0 aromatic heterocycles. The van der Waals surface area contributed by atoms with E-state index in [0.717, 1.165) is 43.5 Å². The van der Waals surface area contributed by atoms with Gasteiger partial charge in [0.25, 0.3) is 0 Å². The normalized spacial score (nSPS) is 16.3. The zero-order valence-corrected chi connectivity index (χ0v) is 13.7. The minimum absolute atomic E-state index is 0.433. The molecule has 0 saturated heterocycles. The minimum Gasteiger partial charge on any atom is -0.490 e. The van der Waals surface area contributed by atoms with Gasteiger partial charge in [0.2, 0.25) is 0 Å². The molecule has 3 nitrogen and oxygen atoms in total. The molecule has 1 N–H and O–H groups in total. The average Bonchev–Trinajstić information content (AvgIpc) is 2.46. The Bertz CT molecular complexity index is 429. The van der Waals surface area contributed by atoms with Gasteiger partial charge in [-0.15, -0.1) is 0 Å². The molecule has 0 bridgehead atoms. The summed E-state index contributed by atoms with van der Waals surface area (Å²) in [7, 11) is 2.05. The van der Waals surface area contributed by atoms with Gasteiger partial charge in [0.15, 0.2) is 11.5 Å². The van der Waals surface area contributed by atoms with Gasteiger partial charge in [-0.25, -0.2) is 0 Å². The molecule has 0 aliphatic heterocycles. The van der Waals surface area contributed by atoms with Crippen molar-refractivity contribution in [3.63, 3.8) is 0 Å². The molecule has 1 atom stereocenters. The maximum Gasteiger partial charge on any atom is 0.161 e. The van der Waals surface area contributed by atoms with E-state index in [9.17, 15) is 0 Å². The molecule has 1 aliphatic rings. The van der Waals surface area contributed by atoms with Crippen molar-refractivity contribution in [1.29, 1.82) is 0 Å². The Labute approximate surface area is 129 Å². The number of hydrogen-bond donors (Lipinski definition) is 1. The van der Waals surface area contributed by atoms with Crippen molar-refractivity contribution in [3.8, 4) is 11.5 Å². The van der Waals surface area contributed by atoms with Crippen LogP contribution < -0.4 is 14.8 Å². The molecule has 0 heterocycles. The number of ether oxygens (including phenoxy) is 2. The monoisotopic (exact) mass is 291 g/mol. The molecule has 1 aromatic carbocycles. The summed E-state index contributed by atoms with van der Waals surface area (Å²) in [6, 6.07) is 6.85. The first kappa shape index (κ1) is 16.2. The van der Waals surface area contributed by atoms with Crippen LogP contribution in [0, 0.1) is 5.92 Å². The Morgan fingerprint density at radius 1 is 1.10 bits per heavy atom. The van der Waals surface area contributed by atoms with Crippen LogP contribution in [0.15, 0.2) is 18.2 Å². The molecule has 3 heteroatoms. The Balaban J connectivity index is 2.17. The van der Waals surface area contributed by atoms with Gasteiger partial charge in [-0.3, -0.25) is 0 Å². The Morgan fingerprint density at radius 2 is 1.76 bits per heavy atom. The van der Waals surface area contributed by atoms with Crippen molar-refractivity contribution in [2.75, 3.05) is 20.3 Å². The highest BCUT2D eigenvalue weighted by Crippen LogP contribution is 2.40. The summed E-state index contributed by atoms with van der Waals surface area (Å²) in [5, 5.41) is 3.47. The van der Waals surface area contributed by atoms with Gasteiger partial charge in [-0.05, 0) is 56.3 Å². The largest absolute Gasteiger partial charge is 0.490 e. The topological polar surface area (TPSA) is 30.5 Å². The van der Waals surface area contributed by atoms with Gasteiger partial charge < -0.3 is 14.8 Å². The van der Waals surface area contributed by atoms with Gasteiger partial charge in [0.1, 0.15) is 0 Å². The predicted molar refractivity (Wildman–Crippen MR) is 87.2 cm³/mol. The van der Waals surface area contributed by atoms with Gasteiger partial charge in [0.05, 0.1) is 13.2 Å². The SMILES string of the molecule is CCCOc1ccc(C(NC)C2CCC2)cc1OCCC. The summed E-state index contributed by atoms with van der Waals surface area (Å²) >= 11 is 0. The van der Waals surface area contributed by atoms with Crippen LogP contribution in [-0.4, -0.2) is 20.3 Å². The zero-order valence-electron chi connectivity index (χ0n) is 13.7. The first-order valence-electron chi connectivity index (χ1n) is 8.37. The molecule has 1 saturated carbocycles. The third-order valence-electron chi connectivity index (χ3n) is 4.18. The van der Waals surface area contributed by atoms with Crippen LogP contribution in [0.3, 0.4) is 0 Å². The van der Waals surface area contributed by atoms with E-state index in [4.69, 9.17) is 9.47 Å². The summed E-state index contributed by atoms with van der Waals surface area (Å²) in [5.74, 6) is 2.52. The molecular formula is C18H29NO2. The molecule has 1 unspecified atom stereocenters. The lowest BCUT2D eigenvalue weighted by Gasteiger charge is -2.34. The molecule has 1 fully saturated rings. The molecule has 21 heavy (non-hydrogen) atoms. The van der Waals surface area contributed by atoms with E-state index in [2.05, 4.69) is 44.4 Å². The van der Waals surface area contributed by atoms with Gasteiger partial charge in [0, 0.05) is 6.04 Å². The molecule has 1 aromatic rings. The minimum atomic E-state index is 0.433. The molecule has 2 rings (SSSR count). The average molecular weight is 291 g/mol.